The van der Waals surface area contributed by atoms with Gasteiger partial charge in [-0.25, -0.2) is 0 Å². The molecular weight excluding hydrogens is 520 g/mol. The third-order valence-electron chi connectivity index (χ3n) is 8.54. The summed E-state index contributed by atoms with van der Waals surface area (Å²) in [6.45, 7) is 2.07. The van der Waals surface area contributed by atoms with Crippen LogP contribution in [0, 0.1) is 11.8 Å². The maximum Gasteiger partial charge on any atom is 0.187 e. The second kappa shape index (κ2) is 13.1. The number of nitrogens with two attached hydrogens (primary N) is 3. The highest BCUT2D eigenvalue weighted by molar-refractivity contribution is 4.99. The van der Waals surface area contributed by atoms with Crippen molar-refractivity contribution in [1.82, 2.24) is 5.32 Å². The number of ether oxygens (including phenoxy) is 4. The van der Waals surface area contributed by atoms with Crippen LogP contribution in [0.1, 0.15) is 26.2 Å². The van der Waals surface area contributed by atoms with Crippen LogP contribution in [0.25, 0.3) is 0 Å². The van der Waals surface area contributed by atoms with E-state index in [9.17, 15) is 35.7 Å². The van der Waals surface area contributed by atoms with Gasteiger partial charge in [0, 0.05) is 18.6 Å². The molecule has 2 saturated heterocycles. The standard InChI is InChI=1S/C24H46N4O11/c1-8-2-11(26)22(20(35)21(8)38-23-17(32)14(27)15(30)13(7-29)37-23)39-24-19(34)18(33)16(31)12(36-24)6-28-5-9-3-10(25)4-9/h8-24,28-35H,2-7,25-27H2,1H3/t8-,9?,10?,11+,12-,13-,14+,15-,16-,17-,18+,19-,20-,21+,22?,23-,24-/m1/s1. The van der Waals surface area contributed by atoms with Crippen LogP contribution >= 0.6 is 0 Å². The molecule has 0 amide bonds. The van der Waals surface area contributed by atoms with Crippen LogP contribution in [-0.2, 0) is 18.9 Å². The number of aliphatic hydroxyl groups excluding tert-OH is 7. The van der Waals surface area contributed by atoms with Gasteiger partial charge >= 0.3 is 0 Å². The van der Waals surface area contributed by atoms with Gasteiger partial charge in [-0.05, 0) is 37.6 Å². The fourth-order valence-corrected chi connectivity index (χ4v) is 5.99. The molecule has 4 aliphatic rings. The molecular formula is C24H46N4O11. The van der Waals surface area contributed by atoms with E-state index in [1.165, 1.54) is 0 Å². The molecule has 4 rings (SSSR count). The minimum atomic E-state index is -1.62. The summed E-state index contributed by atoms with van der Waals surface area (Å²) < 4.78 is 23.1. The largest absolute Gasteiger partial charge is 0.394 e. The van der Waals surface area contributed by atoms with E-state index < -0.39 is 92.3 Å². The lowest BCUT2D eigenvalue weighted by Crippen LogP contribution is -2.66. The molecule has 0 aromatic rings. The molecule has 14 N–H and O–H groups in total. The summed E-state index contributed by atoms with van der Waals surface area (Å²) in [7, 11) is 0. The Morgan fingerprint density at radius 1 is 0.718 bits per heavy atom. The van der Waals surface area contributed by atoms with Crippen molar-refractivity contribution in [2.75, 3.05) is 19.7 Å². The van der Waals surface area contributed by atoms with Gasteiger partial charge in [0.25, 0.3) is 0 Å². The lowest BCUT2D eigenvalue weighted by Gasteiger charge is -2.48. The van der Waals surface area contributed by atoms with Gasteiger partial charge in [0.2, 0.25) is 0 Å². The lowest BCUT2D eigenvalue weighted by atomic mass is 9.80. The topological polar surface area (TPSA) is 269 Å². The Hall–Kier alpha value is -0.600. The first kappa shape index (κ1) is 31.3. The van der Waals surface area contributed by atoms with Crippen LogP contribution in [0.5, 0.6) is 0 Å². The Labute approximate surface area is 227 Å². The molecule has 4 fully saturated rings. The van der Waals surface area contributed by atoms with E-state index in [1.807, 2.05) is 0 Å². The van der Waals surface area contributed by atoms with Crippen molar-refractivity contribution in [1.29, 1.82) is 0 Å². The van der Waals surface area contributed by atoms with E-state index >= 15 is 0 Å². The van der Waals surface area contributed by atoms with Crippen molar-refractivity contribution in [3.63, 3.8) is 0 Å². The zero-order valence-electron chi connectivity index (χ0n) is 22.1. The highest BCUT2D eigenvalue weighted by atomic mass is 16.7. The van der Waals surface area contributed by atoms with Gasteiger partial charge in [-0.15, -0.1) is 0 Å². The molecule has 0 bridgehead atoms. The van der Waals surface area contributed by atoms with Gasteiger partial charge < -0.3 is 77.2 Å². The molecule has 0 aromatic heterocycles. The SMILES string of the molecule is C[C@@H]1C[C@H](N)C(O[C@H]2O[C@H](CNCC3CC(N)C3)[C@@H](O)[C@H](O)[C@H]2O)[C@H](O)[C@H]1O[C@H]1O[C@H](CO)[C@@H](O)[C@H](N)[C@H]1O. The average Bonchev–Trinajstić information content (AvgIpc) is 2.88. The van der Waals surface area contributed by atoms with Crippen LogP contribution in [0.15, 0.2) is 0 Å². The molecule has 0 radical (unpaired) electrons. The number of hydrogen-bond acceptors (Lipinski definition) is 15. The molecule has 1 unspecified atom stereocenters. The first-order valence-corrected chi connectivity index (χ1v) is 13.7. The number of aliphatic hydroxyl groups is 7. The first-order chi connectivity index (χ1) is 18.4. The molecule has 0 spiro atoms. The zero-order valence-corrected chi connectivity index (χ0v) is 22.1. The summed E-state index contributed by atoms with van der Waals surface area (Å²) in [5, 5.41) is 76.0. The van der Waals surface area contributed by atoms with Gasteiger partial charge in [0.15, 0.2) is 12.6 Å². The number of rotatable bonds is 9. The minimum Gasteiger partial charge on any atom is -0.394 e. The fraction of sp³-hybridized carbons (Fsp3) is 1.00. The molecule has 2 heterocycles. The predicted molar refractivity (Wildman–Crippen MR) is 133 cm³/mol. The lowest BCUT2D eigenvalue weighted by molar-refractivity contribution is -0.335. The van der Waals surface area contributed by atoms with E-state index in [4.69, 9.17) is 36.1 Å². The van der Waals surface area contributed by atoms with E-state index in [0.29, 0.717) is 18.9 Å². The molecule has 2 saturated carbocycles. The van der Waals surface area contributed by atoms with Crippen molar-refractivity contribution >= 4 is 0 Å². The maximum absolute atomic E-state index is 11.2. The van der Waals surface area contributed by atoms with Crippen LogP contribution in [0.2, 0.25) is 0 Å². The molecule has 39 heavy (non-hydrogen) atoms. The Kier molecular flexibility index (Phi) is 10.6. The smallest absolute Gasteiger partial charge is 0.187 e. The minimum absolute atomic E-state index is 0.188. The molecule has 0 aromatic carbocycles. The van der Waals surface area contributed by atoms with Crippen molar-refractivity contribution in [2.45, 2.75) is 118 Å². The van der Waals surface area contributed by atoms with Gasteiger partial charge in [-0.1, -0.05) is 6.92 Å². The Morgan fingerprint density at radius 3 is 1.97 bits per heavy atom. The second-order valence-electron chi connectivity index (χ2n) is 11.6. The van der Waals surface area contributed by atoms with Crippen molar-refractivity contribution < 1.29 is 54.7 Å². The average molecular weight is 567 g/mol. The zero-order chi connectivity index (χ0) is 28.6. The van der Waals surface area contributed by atoms with Crippen LogP contribution in [-0.4, -0.2) is 147 Å². The summed E-state index contributed by atoms with van der Waals surface area (Å²) in [6.07, 6.45) is -13.4. The third kappa shape index (κ3) is 6.74. The van der Waals surface area contributed by atoms with Crippen LogP contribution in [0.3, 0.4) is 0 Å². The first-order valence-electron chi connectivity index (χ1n) is 13.7. The van der Waals surface area contributed by atoms with E-state index in [-0.39, 0.29) is 18.5 Å². The summed E-state index contributed by atoms with van der Waals surface area (Å²) in [5.74, 6) is 0.0946. The highest BCUT2D eigenvalue weighted by Gasteiger charge is 2.51. The second-order valence-corrected chi connectivity index (χ2v) is 11.6. The van der Waals surface area contributed by atoms with E-state index in [0.717, 1.165) is 12.8 Å². The third-order valence-corrected chi connectivity index (χ3v) is 8.54. The summed E-state index contributed by atoms with van der Waals surface area (Å²) in [6, 6.07) is -1.66. The fourth-order valence-electron chi connectivity index (χ4n) is 5.99. The number of hydrogen-bond donors (Lipinski definition) is 11. The summed E-state index contributed by atoms with van der Waals surface area (Å²) >= 11 is 0. The van der Waals surface area contributed by atoms with Crippen molar-refractivity contribution in [3.05, 3.63) is 0 Å². The van der Waals surface area contributed by atoms with Crippen molar-refractivity contribution in [2.24, 2.45) is 29.0 Å². The van der Waals surface area contributed by atoms with Crippen LogP contribution < -0.4 is 22.5 Å². The molecule has 15 heteroatoms. The molecule has 228 valence electrons. The van der Waals surface area contributed by atoms with Crippen LogP contribution in [0.4, 0.5) is 0 Å². The number of nitrogens with one attached hydrogen (secondary N) is 1. The molecule has 15 atom stereocenters. The Morgan fingerprint density at radius 2 is 1.33 bits per heavy atom. The van der Waals surface area contributed by atoms with Gasteiger partial charge in [-0.2, -0.15) is 0 Å². The Balaban J connectivity index is 1.39. The van der Waals surface area contributed by atoms with Gasteiger partial charge in [-0.3, -0.25) is 0 Å². The molecule has 2 aliphatic carbocycles. The quantitative estimate of drug-likeness (QED) is 0.124. The highest BCUT2D eigenvalue weighted by Crippen LogP contribution is 2.34. The monoisotopic (exact) mass is 566 g/mol. The van der Waals surface area contributed by atoms with E-state index in [1.54, 1.807) is 6.92 Å². The van der Waals surface area contributed by atoms with Crippen molar-refractivity contribution in [3.8, 4) is 0 Å². The summed E-state index contributed by atoms with van der Waals surface area (Å²) in [5.41, 5.74) is 18.0. The Bertz CT molecular complexity index is 780. The predicted octanol–water partition coefficient (Wildman–Crippen LogP) is -5.61. The summed E-state index contributed by atoms with van der Waals surface area (Å²) in [4.78, 5) is 0. The molecule has 2 aliphatic heterocycles. The normalized spacial score (nSPS) is 52.8. The van der Waals surface area contributed by atoms with E-state index in [2.05, 4.69) is 5.32 Å². The molecule has 15 nitrogen and oxygen atoms in total. The van der Waals surface area contributed by atoms with Gasteiger partial charge in [0.1, 0.15) is 54.9 Å². The maximum atomic E-state index is 11.2. The van der Waals surface area contributed by atoms with Gasteiger partial charge in [0.05, 0.1) is 18.8 Å².